The molecule has 2 rings (SSSR count). The third kappa shape index (κ3) is 3.78. The predicted octanol–water partition coefficient (Wildman–Crippen LogP) is 4.70. The van der Waals surface area contributed by atoms with Gasteiger partial charge >= 0.3 is 0 Å². The lowest BCUT2D eigenvalue weighted by Gasteiger charge is -2.05. The zero-order valence-electron chi connectivity index (χ0n) is 11.4. The molecule has 0 aliphatic carbocycles. The number of ketones is 1. The van der Waals surface area contributed by atoms with E-state index in [9.17, 15) is 4.79 Å². The second-order valence-electron chi connectivity index (χ2n) is 3.43. The number of pyridine rings is 1. The van der Waals surface area contributed by atoms with Crippen LogP contribution in [-0.4, -0.2) is 17.9 Å². The van der Waals surface area contributed by atoms with E-state index in [0.717, 1.165) is 10.4 Å². The van der Waals surface area contributed by atoms with Crippen molar-refractivity contribution in [3.8, 4) is 16.3 Å². The van der Waals surface area contributed by atoms with Crippen molar-refractivity contribution in [2.45, 2.75) is 20.8 Å². The lowest BCUT2D eigenvalue weighted by Crippen LogP contribution is -1.90. The molecule has 0 aliphatic heterocycles. The first kappa shape index (κ1) is 15.7. The van der Waals surface area contributed by atoms with Crippen molar-refractivity contribution in [2.24, 2.45) is 0 Å². The second kappa shape index (κ2) is 7.26. The average Bonchev–Trinajstić information content (AvgIpc) is 2.90. The Kier molecular flexibility index (Phi) is 5.99. The van der Waals surface area contributed by atoms with E-state index in [-0.39, 0.29) is 5.78 Å². The van der Waals surface area contributed by atoms with Gasteiger partial charge in [0.25, 0.3) is 0 Å². The molecule has 2 heterocycles. The van der Waals surface area contributed by atoms with Crippen molar-refractivity contribution in [2.75, 3.05) is 7.11 Å². The Balaban J connectivity index is 0.000000861. The van der Waals surface area contributed by atoms with Crippen LogP contribution in [0.3, 0.4) is 0 Å². The Morgan fingerprint density at radius 2 is 2.05 bits per heavy atom. The number of Topliss-reactive ketones (excluding diaryl/α,β-unsaturated/α-hetero) is 1. The van der Waals surface area contributed by atoms with Crippen molar-refractivity contribution in [3.05, 3.63) is 34.3 Å². The number of nitrogens with zero attached hydrogens (tertiary/aromatic N) is 1. The number of hydrogen-bond donors (Lipinski definition) is 0. The fourth-order valence-corrected chi connectivity index (χ4v) is 2.50. The van der Waals surface area contributed by atoms with Crippen LogP contribution in [0.5, 0.6) is 5.88 Å². The summed E-state index contributed by atoms with van der Waals surface area (Å²) in [5, 5.41) is 0.540. The number of aromatic nitrogens is 1. The van der Waals surface area contributed by atoms with Crippen LogP contribution in [0, 0.1) is 0 Å². The first-order valence-corrected chi connectivity index (χ1v) is 7.12. The highest BCUT2D eigenvalue weighted by molar-refractivity contribution is 7.17. The second-order valence-corrected chi connectivity index (χ2v) is 4.95. The van der Waals surface area contributed by atoms with Gasteiger partial charge in [-0.25, -0.2) is 4.98 Å². The van der Waals surface area contributed by atoms with Gasteiger partial charge in [0.2, 0.25) is 5.88 Å². The van der Waals surface area contributed by atoms with Crippen LogP contribution in [-0.2, 0) is 0 Å². The zero-order valence-corrected chi connectivity index (χ0v) is 12.9. The van der Waals surface area contributed by atoms with Crippen LogP contribution in [0.2, 0.25) is 5.02 Å². The number of rotatable bonds is 3. The smallest absolute Gasteiger partial charge is 0.221 e. The lowest BCUT2D eigenvalue weighted by molar-refractivity contribution is 0.102. The number of carbonyl (C=O) groups is 1. The predicted molar refractivity (Wildman–Crippen MR) is 80.5 cm³/mol. The topological polar surface area (TPSA) is 39.2 Å². The number of methoxy groups -OCH3 is 1. The van der Waals surface area contributed by atoms with E-state index in [2.05, 4.69) is 4.98 Å². The third-order valence-corrected chi connectivity index (χ3v) is 3.66. The molecule has 0 spiro atoms. The Morgan fingerprint density at radius 1 is 1.37 bits per heavy atom. The van der Waals surface area contributed by atoms with Crippen molar-refractivity contribution < 1.29 is 9.53 Å². The van der Waals surface area contributed by atoms with E-state index in [4.69, 9.17) is 16.3 Å². The molecule has 0 unspecified atom stereocenters. The van der Waals surface area contributed by atoms with Gasteiger partial charge in [-0.05, 0) is 25.1 Å². The van der Waals surface area contributed by atoms with Crippen LogP contribution in [0.25, 0.3) is 10.4 Å². The molecule has 2 aromatic heterocycles. The normalized spacial score (nSPS) is 9.53. The van der Waals surface area contributed by atoms with E-state index >= 15 is 0 Å². The summed E-state index contributed by atoms with van der Waals surface area (Å²) in [5.41, 5.74) is 0.803. The minimum atomic E-state index is 0.0511. The van der Waals surface area contributed by atoms with E-state index in [1.807, 2.05) is 19.9 Å². The van der Waals surface area contributed by atoms with Crippen LogP contribution in [0.1, 0.15) is 30.4 Å². The van der Waals surface area contributed by atoms with Gasteiger partial charge in [0.05, 0.1) is 22.6 Å². The number of thiophene rings is 1. The highest BCUT2D eigenvalue weighted by atomic mass is 35.5. The molecule has 0 radical (unpaired) electrons. The molecular formula is C14H16ClNO2S. The van der Waals surface area contributed by atoms with Crippen LogP contribution >= 0.6 is 22.9 Å². The van der Waals surface area contributed by atoms with Gasteiger partial charge in [0.1, 0.15) is 0 Å². The Morgan fingerprint density at radius 3 is 2.58 bits per heavy atom. The van der Waals surface area contributed by atoms with Gasteiger partial charge < -0.3 is 4.74 Å². The quantitative estimate of drug-likeness (QED) is 0.771. The fraction of sp³-hybridized carbons (Fsp3) is 0.286. The Bertz CT molecular complexity index is 566. The van der Waals surface area contributed by atoms with Gasteiger partial charge in [-0.3, -0.25) is 4.79 Å². The molecule has 0 aromatic carbocycles. The van der Waals surface area contributed by atoms with Crippen molar-refractivity contribution in [1.29, 1.82) is 0 Å². The molecule has 3 nitrogen and oxygen atoms in total. The summed E-state index contributed by atoms with van der Waals surface area (Å²) in [6.07, 6.45) is 1.53. The van der Waals surface area contributed by atoms with Gasteiger partial charge in [0, 0.05) is 11.1 Å². The lowest BCUT2D eigenvalue weighted by atomic mass is 10.2. The van der Waals surface area contributed by atoms with Gasteiger partial charge in [-0.2, -0.15) is 0 Å². The maximum atomic E-state index is 11.2. The standard InChI is InChI=1S/C12H10ClNO2S.C2H6/c1-7(15)10-3-4-11(17-10)9-5-8(13)6-14-12(9)16-2;1-2/h3-6H,1-2H3;1-2H3. The van der Waals surface area contributed by atoms with Crippen molar-refractivity contribution >= 4 is 28.7 Å². The third-order valence-electron chi connectivity index (χ3n) is 2.23. The van der Waals surface area contributed by atoms with Crippen molar-refractivity contribution in [1.82, 2.24) is 4.98 Å². The van der Waals surface area contributed by atoms with Crippen LogP contribution < -0.4 is 4.74 Å². The van der Waals surface area contributed by atoms with E-state index < -0.39 is 0 Å². The average molecular weight is 298 g/mol. The summed E-state index contributed by atoms with van der Waals surface area (Å²) in [6, 6.07) is 5.45. The minimum absolute atomic E-state index is 0.0511. The molecule has 0 amide bonds. The molecule has 2 aromatic rings. The molecule has 0 saturated heterocycles. The molecular weight excluding hydrogens is 282 g/mol. The summed E-state index contributed by atoms with van der Waals surface area (Å²) in [7, 11) is 1.55. The van der Waals surface area contributed by atoms with Gasteiger partial charge in [-0.15, -0.1) is 11.3 Å². The summed E-state index contributed by atoms with van der Waals surface area (Å²) < 4.78 is 5.18. The van der Waals surface area contributed by atoms with Crippen LogP contribution in [0.15, 0.2) is 24.4 Å². The SMILES string of the molecule is CC.COc1ncc(Cl)cc1-c1ccc(C(C)=O)s1. The molecule has 0 N–H and O–H groups in total. The number of hydrogen-bond acceptors (Lipinski definition) is 4. The monoisotopic (exact) mass is 297 g/mol. The molecule has 5 heteroatoms. The van der Waals surface area contributed by atoms with E-state index in [1.165, 1.54) is 17.5 Å². The maximum absolute atomic E-state index is 11.2. The Labute approximate surface area is 122 Å². The fourth-order valence-electron chi connectivity index (χ4n) is 1.44. The van der Waals surface area contributed by atoms with E-state index in [1.54, 1.807) is 26.2 Å². The molecule has 0 aliphatic rings. The zero-order chi connectivity index (χ0) is 14.4. The number of carbonyl (C=O) groups excluding carboxylic acids is 1. The van der Waals surface area contributed by atoms with Crippen molar-refractivity contribution in [3.63, 3.8) is 0 Å². The van der Waals surface area contributed by atoms with Crippen LogP contribution in [0.4, 0.5) is 0 Å². The first-order chi connectivity index (χ1) is 9.11. The first-order valence-electron chi connectivity index (χ1n) is 5.92. The number of ether oxygens (including phenoxy) is 1. The number of halogens is 1. The molecule has 102 valence electrons. The largest absolute Gasteiger partial charge is 0.481 e. The molecule has 0 bridgehead atoms. The summed E-state index contributed by atoms with van der Waals surface area (Å²) in [4.78, 5) is 17.0. The van der Waals surface area contributed by atoms with Gasteiger partial charge in [0.15, 0.2) is 5.78 Å². The van der Waals surface area contributed by atoms with Gasteiger partial charge in [-0.1, -0.05) is 25.4 Å². The highest BCUT2D eigenvalue weighted by Crippen LogP contribution is 2.35. The maximum Gasteiger partial charge on any atom is 0.221 e. The summed E-state index contributed by atoms with van der Waals surface area (Å²) >= 11 is 7.32. The highest BCUT2D eigenvalue weighted by Gasteiger charge is 2.12. The molecule has 19 heavy (non-hydrogen) atoms. The summed E-state index contributed by atoms with van der Waals surface area (Å²) in [6.45, 7) is 5.54. The molecule has 0 fully saturated rings. The Hall–Kier alpha value is -1.39. The summed E-state index contributed by atoms with van der Waals surface area (Å²) in [5.74, 6) is 0.557. The van der Waals surface area contributed by atoms with E-state index in [0.29, 0.717) is 15.8 Å². The molecule has 0 saturated carbocycles. The minimum Gasteiger partial charge on any atom is -0.481 e. The molecule has 0 atom stereocenters.